The topological polar surface area (TPSA) is 84.4 Å². The summed E-state index contributed by atoms with van der Waals surface area (Å²) in [5.74, 6) is -3.42. The van der Waals surface area contributed by atoms with Crippen molar-refractivity contribution in [2.45, 2.75) is 41.5 Å². The summed E-state index contributed by atoms with van der Waals surface area (Å²) in [5, 5.41) is 10.1. The van der Waals surface area contributed by atoms with Gasteiger partial charge < -0.3 is 15.0 Å². The van der Waals surface area contributed by atoms with Crippen LogP contribution in [-0.2, 0) is 4.74 Å². The highest BCUT2D eigenvalue weighted by Crippen LogP contribution is 2.22. The van der Waals surface area contributed by atoms with Crippen LogP contribution in [0.25, 0.3) is 0 Å². The first kappa shape index (κ1) is 29.4. The Labute approximate surface area is 194 Å². The number of ether oxygens (including phenoxy) is 1. The molecule has 0 bridgehead atoms. The monoisotopic (exact) mass is 462 g/mol. The molecule has 0 unspecified atom stereocenters. The number of nitrogens with zero attached hydrogens (tertiary/aromatic N) is 3. The zero-order chi connectivity index (χ0) is 25.6. The minimum Gasteiger partial charge on any atom is -0.465 e. The third-order valence-electron chi connectivity index (χ3n) is 3.69. The molecule has 2 aromatic rings. The fraction of sp³-hybridized carbons (Fsp3) is 0.333. The maximum absolute atomic E-state index is 13.6. The highest BCUT2D eigenvalue weighted by molar-refractivity contribution is 6.07. The van der Waals surface area contributed by atoms with E-state index in [1.807, 2.05) is 47.6 Å². The lowest BCUT2D eigenvalue weighted by Crippen LogP contribution is -2.18. The van der Waals surface area contributed by atoms with Gasteiger partial charge in [-0.3, -0.25) is 4.79 Å². The van der Waals surface area contributed by atoms with Crippen molar-refractivity contribution in [1.29, 1.82) is 0 Å². The summed E-state index contributed by atoms with van der Waals surface area (Å²) < 4.78 is 31.5. The van der Waals surface area contributed by atoms with E-state index >= 15 is 0 Å². The molecule has 7 nitrogen and oxygen atoms in total. The van der Waals surface area contributed by atoms with Crippen molar-refractivity contribution in [2.24, 2.45) is 5.92 Å². The lowest BCUT2D eigenvalue weighted by atomic mass is 10.1. The number of halogens is 2. The van der Waals surface area contributed by atoms with Gasteiger partial charge in [-0.15, -0.1) is 10.2 Å². The molecule has 2 rings (SSSR count). The highest BCUT2D eigenvalue weighted by Gasteiger charge is 2.19. The molecule has 9 heteroatoms. The summed E-state index contributed by atoms with van der Waals surface area (Å²) in [7, 11) is 1.08. The van der Waals surface area contributed by atoms with Crippen LogP contribution in [-0.4, -0.2) is 29.2 Å². The van der Waals surface area contributed by atoms with Crippen molar-refractivity contribution in [3.05, 3.63) is 72.2 Å². The number of amides is 1. The Hall–Kier alpha value is -3.62. The summed E-state index contributed by atoms with van der Waals surface area (Å²) in [6.45, 7) is 15.7. The van der Waals surface area contributed by atoms with E-state index in [2.05, 4.69) is 26.8 Å². The molecular weight excluding hydrogens is 430 g/mol. The lowest BCUT2D eigenvalue weighted by Gasteiger charge is -2.14. The molecule has 1 N–H and O–H groups in total. The molecule has 1 heterocycles. The van der Waals surface area contributed by atoms with Gasteiger partial charge in [0.1, 0.15) is 0 Å². The van der Waals surface area contributed by atoms with Gasteiger partial charge in [-0.05, 0) is 24.1 Å². The number of benzene rings is 1. The molecule has 33 heavy (non-hydrogen) atoms. The fourth-order valence-electron chi connectivity index (χ4n) is 2.20. The molecule has 0 aliphatic heterocycles. The normalized spacial score (nSPS) is 9.88. The van der Waals surface area contributed by atoms with Crippen molar-refractivity contribution in [3.8, 4) is 0 Å². The maximum Gasteiger partial charge on any atom is 0.340 e. The van der Waals surface area contributed by atoms with Gasteiger partial charge in [0.05, 0.1) is 18.4 Å². The molecule has 0 spiro atoms. The Balaban J connectivity index is 0.00000242. The van der Waals surface area contributed by atoms with E-state index in [-0.39, 0.29) is 16.9 Å². The first-order chi connectivity index (χ1) is 15.8. The fourth-order valence-corrected chi connectivity index (χ4v) is 2.20. The summed E-state index contributed by atoms with van der Waals surface area (Å²) in [6.07, 6.45) is 5.24. The van der Waals surface area contributed by atoms with Gasteiger partial charge >= 0.3 is 5.97 Å². The molecule has 0 saturated carbocycles. The second-order valence-electron chi connectivity index (χ2n) is 6.21. The summed E-state index contributed by atoms with van der Waals surface area (Å²) in [5.41, 5.74) is -0.675. The van der Waals surface area contributed by atoms with Gasteiger partial charge in [-0.2, -0.15) is 0 Å². The van der Waals surface area contributed by atoms with Crippen LogP contribution in [0.4, 0.5) is 20.3 Å². The van der Waals surface area contributed by atoms with Crippen LogP contribution in [0.1, 0.15) is 62.4 Å². The third kappa shape index (κ3) is 8.80. The van der Waals surface area contributed by atoms with Crippen LogP contribution in [0.3, 0.4) is 0 Å². The largest absolute Gasteiger partial charge is 0.465 e. The number of aromatic nitrogens is 2. The van der Waals surface area contributed by atoms with Gasteiger partial charge in [0.15, 0.2) is 23.1 Å². The zero-order valence-electron chi connectivity index (χ0n) is 20.1. The number of anilines is 2. The number of carbonyl (C=O) groups excluding carboxylic acids is 2. The van der Waals surface area contributed by atoms with Gasteiger partial charge in [0.2, 0.25) is 0 Å². The van der Waals surface area contributed by atoms with E-state index in [1.165, 1.54) is 12.3 Å². The number of esters is 1. The number of hydrogen-bond donors (Lipinski definition) is 1. The molecule has 0 aliphatic rings. The Bertz CT molecular complexity index is 945. The summed E-state index contributed by atoms with van der Waals surface area (Å²) in [4.78, 5) is 25.8. The van der Waals surface area contributed by atoms with Crippen LogP contribution in [0.15, 0.2) is 49.3 Å². The van der Waals surface area contributed by atoms with Crippen molar-refractivity contribution >= 4 is 23.4 Å². The maximum atomic E-state index is 13.6. The Morgan fingerprint density at radius 1 is 1.09 bits per heavy atom. The van der Waals surface area contributed by atoms with E-state index in [0.717, 1.165) is 7.11 Å². The molecule has 0 radical (unpaired) electrons. The average molecular weight is 463 g/mol. The standard InChI is InChI=1S/C20H20F2N4O3.2C2H6/c1-5-26(9-8-12(2)3)18-7-6-16(24-25-18)19(27)23-17-11-15(22)14(21)10-13(17)20(28)29-4;2*1-2/h5-12H,1H2,2-4H3,(H,23,27);2*1-2H3/b9-8-;;. The Kier molecular flexibility index (Phi) is 13.6. The molecule has 180 valence electrons. The van der Waals surface area contributed by atoms with Gasteiger partial charge in [0, 0.05) is 18.5 Å². The van der Waals surface area contributed by atoms with Crippen molar-refractivity contribution < 1.29 is 23.1 Å². The van der Waals surface area contributed by atoms with Crippen LogP contribution >= 0.6 is 0 Å². The quantitative estimate of drug-likeness (QED) is 0.511. The van der Waals surface area contributed by atoms with Crippen molar-refractivity contribution in [1.82, 2.24) is 10.2 Å². The van der Waals surface area contributed by atoms with E-state index in [9.17, 15) is 18.4 Å². The molecule has 0 saturated heterocycles. The minimum absolute atomic E-state index is 0.0915. The number of methoxy groups -OCH3 is 1. The summed E-state index contributed by atoms with van der Waals surface area (Å²) >= 11 is 0. The van der Waals surface area contributed by atoms with E-state index in [4.69, 9.17) is 0 Å². The molecule has 0 fully saturated rings. The highest BCUT2D eigenvalue weighted by atomic mass is 19.2. The number of rotatable bonds is 7. The van der Waals surface area contributed by atoms with E-state index in [0.29, 0.717) is 23.9 Å². The lowest BCUT2D eigenvalue weighted by molar-refractivity contribution is 0.0601. The number of allylic oxidation sites excluding steroid dienone is 1. The predicted octanol–water partition coefficient (Wildman–Crippen LogP) is 5.97. The predicted molar refractivity (Wildman–Crippen MR) is 127 cm³/mol. The number of hydrogen-bond acceptors (Lipinski definition) is 6. The number of carbonyl (C=O) groups is 2. The Morgan fingerprint density at radius 3 is 2.18 bits per heavy atom. The van der Waals surface area contributed by atoms with Gasteiger partial charge in [-0.1, -0.05) is 54.2 Å². The van der Waals surface area contributed by atoms with Gasteiger partial charge in [-0.25, -0.2) is 13.6 Å². The van der Waals surface area contributed by atoms with E-state index in [1.54, 1.807) is 17.2 Å². The van der Waals surface area contributed by atoms with Crippen molar-refractivity contribution in [2.75, 3.05) is 17.3 Å². The first-order valence-electron chi connectivity index (χ1n) is 10.6. The average Bonchev–Trinajstić information content (AvgIpc) is 2.83. The SMILES string of the molecule is C=CN(/C=C\C(C)C)c1ccc(C(=O)Nc2cc(F)c(F)cc2C(=O)OC)nn1.CC.CC. The van der Waals surface area contributed by atoms with E-state index < -0.39 is 23.5 Å². The second kappa shape index (κ2) is 15.2. The molecule has 1 amide bonds. The molecule has 0 aliphatic carbocycles. The molecule has 0 atom stereocenters. The van der Waals surface area contributed by atoms with Gasteiger partial charge in [0.25, 0.3) is 5.91 Å². The van der Waals surface area contributed by atoms with Crippen LogP contribution in [0.2, 0.25) is 0 Å². The molecular formula is C24H32F2N4O3. The molecule has 1 aromatic heterocycles. The van der Waals surface area contributed by atoms with Crippen LogP contribution in [0.5, 0.6) is 0 Å². The Morgan fingerprint density at radius 2 is 1.70 bits per heavy atom. The minimum atomic E-state index is -1.24. The smallest absolute Gasteiger partial charge is 0.340 e. The first-order valence-corrected chi connectivity index (χ1v) is 10.6. The van der Waals surface area contributed by atoms with Crippen LogP contribution in [0, 0.1) is 17.6 Å². The summed E-state index contributed by atoms with van der Waals surface area (Å²) in [6, 6.07) is 4.28. The zero-order valence-corrected chi connectivity index (χ0v) is 20.1. The van der Waals surface area contributed by atoms with Crippen molar-refractivity contribution in [3.63, 3.8) is 0 Å². The molecule has 1 aromatic carbocycles. The number of nitrogens with one attached hydrogen (secondary N) is 1. The van der Waals surface area contributed by atoms with Crippen LogP contribution < -0.4 is 10.2 Å². The second-order valence-corrected chi connectivity index (χ2v) is 6.21. The third-order valence-corrected chi connectivity index (χ3v) is 3.69.